The van der Waals surface area contributed by atoms with Crippen molar-refractivity contribution in [3.63, 3.8) is 0 Å². The fourth-order valence-corrected chi connectivity index (χ4v) is 2.69. The average Bonchev–Trinajstić information content (AvgIpc) is 2.85. The maximum atomic E-state index is 11.2. The van der Waals surface area contributed by atoms with Crippen molar-refractivity contribution in [1.29, 1.82) is 0 Å². The zero-order chi connectivity index (χ0) is 14.1. The van der Waals surface area contributed by atoms with Gasteiger partial charge in [0.15, 0.2) is 0 Å². The number of nitrogens with zero attached hydrogens (tertiary/aromatic N) is 2. The molecular weight excluding hydrogens is 296 g/mol. The number of anilines is 1. The molecule has 0 saturated heterocycles. The Morgan fingerprint density at radius 1 is 1.20 bits per heavy atom. The van der Waals surface area contributed by atoms with Gasteiger partial charge in [-0.3, -0.25) is 4.79 Å². The second-order valence-corrected chi connectivity index (χ2v) is 5.44. The molecule has 0 unspecified atom stereocenters. The number of H-pyrrole nitrogens is 1. The summed E-state index contributed by atoms with van der Waals surface area (Å²) < 4.78 is 0. The fourth-order valence-electron chi connectivity index (χ4n) is 1.81. The normalized spacial score (nSPS) is 10.7. The number of hydrogen-bond donors (Lipinski definition) is 2. The smallest absolute Gasteiger partial charge is 0.305 e. The van der Waals surface area contributed by atoms with Crippen LogP contribution >= 0.6 is 22.9 Å². The molecule has 100 valence electrons. The molecule has 3 rings (SSSR count). The monoisotopic (exact) mass is 304 g/mol. The lowest BCUT2D eigenvalue weighted by Gasteiger charge is -2.06. The SMILES string of the molecule is Nc1nc(-c2c[nH]c(=O)s2)cc(-c2ccccc2Cl)n1. The molecule has 3 N–H and O–H groups in total. The van der Waals surface area contributed by atoms with Gasteiger partial charge in [0.25, 0.3) is 0 Å². The molecule has 0 saturated carbocycles. The van der Waals surface area contributed by atoms with Crippen LogP contribution in [0, 0.1) is 0 Å². The molecule has 2 heterocycles. The third-order valence-electron chi connectivity index (χ3n) is 2.67. The number of aromatic amines is 1. The second kappa shape index (κ2) is 5.07. The molecule has 1 aromatic carbocycles. The lowest BCUT2D eigenvalue weighted by Crippen LogP contribution is -1.98. The van der Waals surface area contributed by atoms with Crippen molar-refractivity contribution in [3.05, 3.63) is 51.2 Å². The van der Waals surface area contributed by atoms with E-state index in [9.17, 15) is 4.79 Å². The Labute approximate surface area is 123 Å². The molecule has 0 spiro atoms. The highest BCUT2D eigenvalue weighted by molar-refractivity contribution is 7.12. The van der Waals surface area contributed by atoms with Crippen LogP contribution in [-0.4, -0.2) is 15.0 Å². The summed E-state index contributed by atoms with van der Waals surface area (Å²) in [6.07, 6.45) is 1.60. The highest BCUT2D eigenvalue weighted by atomic mass is 35.5. The molecule has 0 aliphatic rings. The van der Waals surface area contributed by atoms with E-state index in [1.54, 1.807) is 18.3 Å². The summed E-state index contributed by atoms with van der Waals surface area (Å²) in [5.74, 6) is 0.137. The number of halogens is 1. The van der Waals surface area contributed by atoms with Gasteiger partial charge in [0.1, 0.15) is 0 Å². The van der Waals surface area contributed by atoms with Gasteiger partial charge in [0.05, 0.1) is 16.3 Å². The molecular formula is C13H9ClN4OS. The van der Waals surface area contributed by atoms with Crippen molar-refractivity contribution in [1.82, 2.24) is 15.0 Å². The predicted molar refractivity (Wildman–Crippen MR) is 80.8 cm³/mol. The maximum absolute atomic E-state index is 11.2. The lowest BCUT2D eigenvalue weighted by molar-refractivity contribution is 1.19. The molecule has 0 atom stereocenters. The highest BCUT2D eigenvalue weighted by Gasteiger charge is 2.10. The summed E-state index contributed by atoms with van der Waals surface area (Å²) in [5, 5.41) is 0.582. The molecule has 0 radical (unpaired) electrons. The first kappa shape index (κ1) is 12.8. The largest absolute Gasteiger partial charge is 0.368 e. The Morgan fingerprint density at radius 2 is 1.95 bits per heavy atom. The van der Waals surface area contributed by atoms with E-state index in [-0.39, 0.29) is 10.8 Å². The van der Waals surface area contributed by atoms with Crippen molar-refractivity contribution in [2.24, 2.45) is 0 Å². The standard InChI is InChI=1S/C13H9ClN4OS/c14-8-4-2-1-3-7(8)9-5-10(18-12(15)17-9)11-6-16-13(19)20-11/h1-6H,(H,16,19)(H2,15,17,18). The van der Waals surface area contributed by atoms with E-state index in [1.165, 1.54) is 0 Å². The van der Waals surface area contributed by atoms with Crippen LogP contribution < -0.4 is 10.6 Å². The summed E-state index contributed by atoms with van der Waals surface area (Å²) in [7, 11) is 0. The van der Waals surface area contributed by atoms with Crippen LogP contribution in [0.2, 0.25) is 5.02 Å². The molecule has 0 bridgehead atoms. The predicted octanol–water partition coefficient (Wildman–Crippen LogP) is 2.80. The zero-order valence-electron chi connectivity index (χ0n) is 10.1. The van der Waals surface area contributed by atoms with Crippen molar-refractivity contribution in [2.45, 2.75) is 0 Å². The molecule has 0 aliphatic heterocycles. The number of aromatic nitrogens is 3. The van der Waals surface area contributed by atoms with Gasteiger partial charge in [-0.1, -0.05) is 41.1 Å². The highest BCUT2D eigenvalue weighted by Crippen LogP contribution is 2.29. The molecule has 0 fully saturated rings. The number of thiazole rings is 1. The van der Waals surface area contributed by atoms with Crippen LogP contribution in [0.4, 0.5) is 5.95 Å². The molecule has 20 heavy (non-hydrogen) atoms. The molecule has 0 aliphatic carbocycles. The van der Waals surface area contributed by atoms with Crippen LogP contribution in [0.1, 0.15) is 0 Å². The summed E-state index contributed by atoms with van der Waals surface area (Å²) >= 11 is 7.23. The van der Waals surface area contributed by atoms with Gasteiger partial charge in [-0.2, -0.15) is 0 Å². The summed E-state index contributed by atoms with van der Waals surface area (Å²) in [6, 6.07) is 9.11. The summed E-state index contributed by atoms with van der Waals surface area (Å²) in [4.78, 5) is 22.7. The first-order valence-corrected chi connectivity index (χ1v) is 6.91. The quantitative estimate of drug-likeness (QED) is 0.762. The van der Waals surface area contributed by atoms with Gasteiger partial charge in [0, 0.05) is 16.8 Å². The minimum atomic E-state index is -0.142. The summed E-state index contributed by atoms with van der Waals surface area (Å²) in [5.41, 5.74) is 7.73. The Kier molecular flexibility index (Phi) is 3.25. The van der Waals surface area contributed by atoms with Crippen LogP contribution in [0.25, 0.3) is 21.8 Å². The third kappa shape index (κ3) is 2.43. The van der Waals surface area contributed by atoms with E-state index in [1.807, 2.05) is 18.2 Å². The maximum Gasteiger partial charge on any atom is 0.305 e. The number of nitrogen functional groups attached to an aromatic ring is 1. The molecule has 7 heteroatoms. The lowest BCUT2D eigenvalue weighted by atomic mass is 10.1. The van der Waals surface area contributed by atoms with Gasteiger partial charge in [-0.15, -0.1) is 0 Å². The van der Waals surface area contributed by atoms with Crippen molar-refractivity contribution >= 4 is 28.9 Å². The fraction of sp³-hybridized carbons (Fsp3) is 0. The molecule has 3 aromatic rings. The Morgan fingerprint density at radius 3 is 2.65 bits per heavy atom. The van der Waals surface area contributed by atoms with E-state index in [0.717, 1.165) is 16.9 Å². The van der Waals surface area contributed by atoms with E-state index >= 15 is 0 Å². The van der Waals surface area contributed by atoms with Crippen molar-refractivity contribution in [2.75, 3.05) is 5.73 Å². The van der Waals surface area contributed by atoms with Crippen LogP contribution in [0.15, 0.2) is 41.3 Å². The zero-order valence-corrected chi connectivity index (χ0v) is 11.7. The first-order chi connectivity index (χ1) is 9.63. The third-order valence-corrected chi connectivity index (χ3v) is 3.85. The van der Waals surface area contributed by atoms with E-state index < -0.39 is 0 Å². The number of nitrogens with one attached hydrogen (secondary N) is 1. The Bertz CT molecular complexity index is 827. The van der Waals surface area contributed by atoms with Gasteiger partial charge < -0.3 is 10.7 Å². The van der Waals surface area contributed by atoms with Crippen LogP contribution in [-0.2, 0) is 0 Å². The van der Waals surface area contributed by atoms with E-state index in [2.05, 4.69) is 15.0 Å². The second-order valence-electron chi connectivity index (χ2n) is 4.02. The minimum Gasteiger partial charge on any atom is -0.368 e. The van der Waals surface area contributed by atoms with E-state index in [0.29, 0.717) is 21.3 Å². The average molecular weight is 305 g/mol. The van der Waals surface area contributed by atoms with Crippen LogP contribution in [0.5, 0.6) is 0 Å². The van der Waals surface area contributed by atoms with Crippen molar-refractivity contribution < 1.29 is 0 Å². The van der Waals surface area contributed by atoms with Gasteiger partial charge in [-0.25, -0.2) is 9.97 Å². The molecule has 0 amide bonds. The van der Waals surface area contributed by atoms with Crippen molar-refractivity contribution in [3.8, 4) is 21.8 Å². The van der Waals surface area contributed by atoms with Gasteiger partial charge in [0.2, 0.25) is 5.95 Å². The molecule has 5 nitrogen and oxygen atoms in total. The molecule has 2 aromatic heterocycles. The van der Waals surface area contributed by atoms with Gasteiger partial charge >= 0.3 is 4.87 Å². The van der Waals surface area contributed by atoms with Gasteiger partial charge in [-0.05, 0) is 12.1 Å². The Hall–Kier alpha value is -2.18. The first-order valence-electron chi connectivity index (χ1n) is 5.72. The number of nitrogens with two attached hydrogens (primary N) is 1. The Balaban J connectivity index is 2.17. The van der Waals surface area contributed by atoms with E-state index in [4.69, 9.17) is 17.3 Å². The number of rotatable bonds is 2. The number of benzene rings is 1. The summed E-state index contributed by atoms with van der Waals surface area (Å²) in [6.45, 7) is 0. The minimum absolute atomic E-state index is 0.137. The number of hydrogen-bond acceptors (Lipinski definition) is 5. The van der Waals surface area contributed by atoms with Crippen LogP contribution in [0.3, 0.4) is 0 Å². The topological polar surface area (TPSA) is 84.7 Å².